The average molecular weight is 354 g/mol. The standard InChI is InChI=1S/C21H30N4O/c1-5-26-20-13-9-8-11-18(20)15-24-21(22-2)23-14-17-10-6-7-12-19(17)16-25(3)4/h6-13H,5,14-16H2,1-4H3,(H2,22,23,24). The number of aliphatic imine (C=N–C) groups is 1. The quantitative estimate of drug-likeness (QED) is 0.565. The molecule has 0 aliphatic carbocycles. The van der Waals surface area contributed by atoms with Gasteiger partial charge in [-0.05, 0) is 38.2 Å². The fourth-order valence-electron chi connectivity index (χ4n) is 2.75. The van der Waals surface area contributed by atoms with Crippen LogP contribution in [0.2, 0.25) is 0 Å². The van der Waals surface area contributed by atoms with Crippen molar-refractivity contribution in [3.8, 4) is 5.75 Å². The number of ether oxygens (including phenoxy) is 1. The van der Waals surface area contributed by atoms with E-state index < -0.39 is 0 Å². The summed E-state index contributed by atoms with van der Waals surface area (Å²) in [6.45, 7) is 4.97. The van der Waals surface area contributed by atoms with Gasteiger partial charge in [0.05, 0.1) is 6.61 Å². The second kappa shape index (κ2) is 10.5. The van der Waals surface area contributed by atoms with Crippen molar-refractivity contribution in [2.75, 3.05) is 27.7 Å². The molecule has 2 aromatic carbocycles. The number of nitrogens with one attached hydrogen (secondary N) is 2. The van der Waals surface area contributed by atoms with Gasteiger partial charge in [-0.2, -0.15) is 0 Å². The summed E-state index contributed by atoms with van der Waals surface area (Å²) < 4.78 is 5.68. The highest BCUT2D eigenvalue weighted by Gasteiger charge is 2.06. The SMILES string of the molecule is CCOc1ccccc1CNC(=NC)NCc1ccccc1CN(C)C. The van der Waals surface area contributed by atoms with Crippen molar-refractivity contribution in [1.82, 2.24) is 15.5 Å². The van der Waals surface area contributed by atoms with E-state index in [4.69, 9.17) is 4.74 Å². The van der Waals surface area contributed by atoms with Gasteiger partial charge < -0.3 is 20.3 Å². The van der Waals surface area contributed by atoms with Gasteiger partial charge in [-0.3, -0.25) is 4.99 Å². The van der Waals surface area contributed by atoms with Crippen molar-refractivity contribution >= 4 is 5.96 Å². The number of benzene rings is 2. The number of guanidine groups is 1. The highest BCUT2D eigenvalue weighted by molar-refractivity contribution is 5.79. The molecule has 0 aliphatic rings. The third-order valence-corrected chi connectivity index (χ3v) is 3.99. The first-order chi connectivity index (χ1) is 12.6. The Morgan fingerprint density at radius 2 is 1.50 bits per heavy atom. The summed E-state index contributed by atoms with van der Waals surface area (Å²) in [6.07, 6.45) is 0. The van der Waals surface area contributed by atoms with Gasteiger partial charge >= 0.3 is 0 Å². The first-order valence-electron chi connectivity index (χ1n) is 9.00. The zero-order valence-corrected chi connectivity index (χ0v) is 16.2. The van der Waals surface area contributed by atoms with Crippen LogP contribution < -0.4 is 15.4 Å². The summed E-state index contributed by atoms with van der Waals surface area (Å²) in [5, 5.41) is 6.76. The van der Waals surface area contributed by atoms with E-state index in [1.807, 2.05) is 25.1 Å². The van der Waals surface area contributed by atoms with E-state index in [-0.39, 0.29) is 0 Å². The van der Waals surface area contributed by atoms with E-state index in [0.717, 1.165) is 30.4 Å². The molecule has 0 spiro atoms. The van der Waals surface area contributed by atoms with Crippen LogP contribution in [0.3, 0.4) is 0 Å². The molecule has 5 nitrogen and oxygen atoms in total. The lowest BCUT2D eigenvalue weighted by molar-refractivity contribution is 0.336. The topological polar surface area (TPSA) is 48.9 Å². The summed E-state index contributed by atoms with van der Waals surface area (Å²) in [6, 6.07) is 16.6. The molecule has 0 unspecified atom stereocenters. The van der Waals surface area contributed by atoms with Crippen molar-refractivity contribution in [3.63, 3.8) is 0 Å². The van der Waals surface area contributed by atoms with Crippen LogP contribution in [-0.2, 0) is 19.6 Å². The first kappa shape index (κ1) is 19.8. The lowest BCUT2D eigenvalue weighted by Crippen LogP contribution is -2.36. The maximum absolute atomic E-state index is 5.68. The molecule has 5 heteroatoms. The Hall–Kier alpha value is -2.53. The minimum absolute atomic E-state index is 0.659. The molecule has 0 bridgehead atoms. The van der Waals surface area contributed by atoms with Crippen LogP contribution in [-0.4, -0.2) is 38.6 Å². The third kappa shape index (κ3) is 6.08. The van der Waals surface area contributed by atoms with Crippen molar-refractivity contribution in [2.24, 2.45) is 4.99 Å². The van der Waals surface area contributed by atoms with Crippen LogP contribution in [0.15, 0.2) is 53.5 Å². The highest BCUT2D eigenvalue weighted by atomic mass is 16.5. The van der Waals surface area contributed by atoms with Gasteiger partial charge in [-0.1, -0.05) is 42.5 Å². The van der Waals surface area contributed by atoms with Crippen LogP contribution in [0.25, 0.3) is 0 Å². The Balaban J connectivity index is 1.95. The van der Waals surface area contributed by atoms with Crippen LogP contribution >= 0.6 is 0 Å². The Kier molecular flexibility index (Phi) is 7.96. The van der Waals surface area contributed by atoms with E-state index in [1.165, 1.54) is 11.1 Å². The predicted molar refractivity (Wildman–Crippen MR) is 108 cm³/mol. The summed E-state index contributed by atoms with van der Waals surface area (Å²) in [5.41, 5.74) is 3.71. The molecule has 2 N–H and O–H groups in total. The Morgan fingerprint density at radius 3 is 2.12 bits per heavy atom. The van der Waals surface area contributed by atoms with Gasteiger partial charge in [0.25, 0.3) is 0 Å². The van der Waals surface area contributed by atoms with Gasteiger partial charge in [0, 0.05) is 32.2 Å². The molecule has 2 aromatic rings. The number of hydrogen-bond donors (Lipinski definition) is 2. The maximum atomic E-state index is 5.68. The molecular formula is C21H30N4O. The van der Waals surface area contributed by atoms with Gasteiger partial charge in [0.1, 0.15) is 5.75 Å². The van der Waals surface area contributed by atoms with Crippen LogP contribution in [0.5, 0.6) is 5.75 Å². The number of hydrogen-bond acceptors (Lipinski definition) is 3. The lowest BCUT2D eigenvalue weighted by Gasteiger charge is -2.17. The van der Waals surface area contributed by atoms with Crippen molar-refractivity contribution in [2.45, 2.75) is 26.6 Å². The fraction of sp³-hybridized carbons (Fsp3) is 0.381. The summed E-state index contributed by atoms with van der Waals surface area (Å²) in [5.74, 6) is 1.69. The zero-order valence-electron chi connectivity index (χ0n) is 16.2. The highest BCUT2D eigenvalue weighted by Crippen LogP contribution is 2.17. The molecule has 140 valence electrons. The van der Waals surface area contributed by atoms with E-state index in [9.17, 15) is 0 Å². The summed E-state index contributed by atoms with van der Waals surface area (Å²) in [4.78, 5) is 6.50. The molecule has 26 heavy (non-hydrogen) atoms. The van der Waals surface area contributed by atoms with Crippen molar-refractivity contribution in [3.05, 3.63) is 65.2 Å². The minimum atomic E-state index is 0.659. The number of rotatable bonds is 8. The van der Waals surface area contributed by atoms with Crippen molar-refractivity contribution < 1.29 is 4.74 Å². The van der Waals surface area contributed by atoms with Crippen molar-refractivity contribution in [1.29, 1.82) is 0 Å². The first-order valence-corrected chi connectivity index (χ1v) is 9.00. The molecule has 0 amide bonds. The molecular weight excluding hydrogens is 324 g/mol. The fourth-order valence-corrected chi connectivity index (χ4v) is 2.75. The largest absolute Gasteiger partial charge is 0.494 e. The normalized spacial score (nSPS) is 11.5. The second-order valence-corrected chi connectivity index (χ2v) is 6.33. The smallest absolute Gasteiger partial charge is 0.191 e. The Bertz CT molecular complexity index is 713. The van der Waals surface area contributed by atoms with E-state index in [1.54, 1.807) is 7.05 Å². The van der Waals surface area contributed by atoms with Crippen LogP contribution in [0.4, 0.5) is 0 Å². The Morgan fingerprint density at radius 1 is 0.923 bits per heavy atom. The number of nitrogens with zero attached hydrogens (tertiary/aromatic N) is 2. The summed E-state index contributed by atoms with van der Waals surface area (Å²) >= 11 is 0. The molecule has 0 aromatic heterocycles. The van der Waals surface area contributed by atoms with Gasteiger partial charge in [-0.15, -0.1) is 0 Å². The number of para-hydroxylation sites is 1. The van der Waals surface area contributed by atoms with Crippen LogP contribution in [0, 0.1) is 0 Å². The average Bonchev–Trinajstić information content (AvgIpc) is 2.64. The molecule has 0 atom stereocenters. The van der Waals surface area contributed by atoms with E-state index in [0.29, 0.717) is 13.2 Å². The van der Waals surface area contributed by atoms with Crippen LogP contribution in [0.1, 0.15) is 23.6 Å². The zero-order chi connectivity index (χ0) is 18.8. The summed E-state index contributed by atoms with van der Waals surface area (Å²) in [7, 11) is 5.95. The monoisotopic (exact) mass is 354 g/mol. The van der Waals surface area contributed by atoms with E-state index >= 15 is 0 Å². The van der Waals surface area contributed by atoms with E-state index in [2.05, 4.69) is 65.0 Å². The molecule has 0 saturated carbocycles. The van der Waals surface area contributed by atoms with Gasteiger partial charge in [0.15, 0.2) is 5.96 Å². The third-order valence-electron chi connectivity index (χ3n) is 3.99. The molecule has 0 aliphatic heterocycles. The second-order valence-electron chi connectivity index (χ2n) is 6.33. The van der Waals surface area contributed by atoms with Gasteiger partial charge in [-0.25, -0.2) is 0 Å². The molecule has 0 radical (unpaired) electrons. The maximum Gasteiger partial charge on any atom is 0.191 e. The predicted octanol–water partition coefficient (Wildman–Crippen LogP) is 3.01. The molecule has 0 fully saturated rings. The molecule has 0 saturated heterocycles. The van der Waals surface area contributed by atoms with Gasteiger partial charge in [0.2, 0.25) is 0 Å². The Labute approximate surface area is 157 Å². The minimum Gasteiger partial charge on any atom is -0.494 e. The molecule has 2 rings (SSSR count). The molecule has 0 heterocycles. The lowest BCUT2D eigenvalue weighted by atomic mass is 10.1.